The molecule has 0 unspecified atom stereocenters. The molecule has 3 heterocycles. The van der Waals surface area contributed by atoms with Crippen LogP contribution in [0.1, 0.15) is 36.2 Å². The van der Waals surface area contributed by atoms with Crippen LogP contribution in [0, 0.1) is 12.7 Å². The molecule has 0 aliphatic carbocycles. The third-order valence-electron chi connectivity index (χ3n) is 4.72. The number of hydrogen-bond acceptors (Lipinski definition) is 5. The monoisotopic (exact) mass is 377 g/mol. The number of morpholine rings is 1. The van der Waals surface area contributed by atoms with Crippen molar-refractivity contribution in [1.82, 2.24) is 14.6 Å². The molecule has 0 radical (unpaired) electrons. The quantitative estimate of drug-likeness (QED) is 0.730. The third kappa shape index (κ3) is 3.08. The van der Waals surface area contributed by atoms with Crippen molar-refractivity contribution in [2.24, 2.45) is 0 Å². The molecule has 0 spiro atoms. The highest BCUT2D eigenvalue weighted by molar-refractivity contribution is 7.17. The molecule has 8 heteroatoms. The van der Waals surface area contributed by atoms with Crippen molar-refractivity contribution in [1.29, 1.82) is 0 Å². The van der Waals surface area contributed by atoms with Gasteiger partial charge in [0.2, 0.25) is 10.8 Å². The molecule has 1 saturated heterocycles. The fourth-order valence-corrected chi connectivity index (χ4v) is 5.03. The van der Waals surface area contributed by atoms with Crippen LogP contribution in [0.5, 0.6) is 5.88 Å². The van der Waals surface area contributed by atoms with E-state index in [1.165, 1.54) is 26.8 Å². The van der Waals surface area contributed by atoms with Crippen LogP contribution in [-0.2, 0) is 4.74 Å². The van der Waals surface area contributed by atoms with Crippen molar-refractivity contribution in [3.8, 4) is 5.88 Å². The minimum Gasteiger partial charge on any atom is -0.492 e. The molecular formula is C18H22FN4O2S+. The van der Waals surface area contributed by atoms with Crippen molar-refractivity contribution in [3.63, 3.8) is 0 Å². The average molecular weight is 377 g/mol. The highest BCUT2D eigenvalue weighted by Crippen LogP contribution is 2.35. The standard InChI is InChI=1S/C18H21FN4O2S/c1-10-8-22(9-11(2)25-10)15(13-5-4-6-14(19)7-13)16-17(24)23-18(26-16)20-12(3)21-23/h4-7,10-11,15,24H,8-9H2,1-3H3/p+1/t10-,11-,15+/m1/s1. The highest BCUT2D eigenvalue weighted by Gasteiger charge is 2.37. The van der Waals surface area contributed by atoms with Gasteiger partial charge in [0.1, 0.15) is 41.8 Å². The molecule has 138 valence electrons. The molecule has 1 fully saturated rings. The Balaban J connectivity index is 1.84. The summed E-state index contributed by atoms with van der Waals surface area (Å²) in [4.78, 5) is 7.00. The Bertz CT molecular complexity index is 931. The van der Waals surface area contributed by atoms with E-state index in [4.69, 9.17) is 4.74 Å². The number of aryl methyl sites for hydroxylation is 1. The zero-order valence-corrected chi connectivity index (χ0v) is 15.8. The Morgan fingerprint density at radius 2 is 2.08 bits per heavy atom. The largest absolute Gasteiger partial charge is 0.492 e. The highest BCUT2D eigenvalue weighted by atomic mass is 32.1. The number of nitrogens with zero attached hydrogens (tertiary/aromatic N) is 3. The maximum absolute atomic E-state index is 13.9. The number of aromatic nitrogens is 3. The minimum atomic E-state index is -0.281. The van der Waals surface area contributed by atoms with Gasteiger partial charge in [-0.1, -0.05) is 23.5 Å². The molecule has 6 nitrogen and oxygen atoms in total. The smallest absolute Gasteiger partial charge is 0.235 e. The zero-order valence-electron chi connectivity index (χ0n) is 14.9. The number of thiazole rings is 1. The fraction of sp³-hybridized carbons (Fsp3) is 0.444. The van der Waals surface area contributed by atoms with E-state index >= 15 is 0 Å². The first kappa shape index (κ1) is 17.4. The van der Waals surface area contributed by atoms with E-state index in [-0.39, 0.29) is 29.9 Å². The van der Waals surface area contributed by atoms with Crippen molar-refractivity contribution >= 4 is 16.3 Å². The summed E-state index contributed by atoms with van der Waals surface area (Å²) in [5.74, 6) is 0.413. The molecule has 0 bridgehead atoms. The van der Waals surface area contributed by atoms with Gasteiger partial charge in [0.15, 0.2) is 6.04 Å². The molecule has 1 aliphatic rings. The summed E-state index contributed by atoms with van der Waals surface area (Å²) in [7, 11) is 0. The number of quaternary nitrogens is 1. The van der Waals surface area contributed by atoms with Gasteiger partial charge in [-0.25, -0.2) is 9.37 Å². The summed E-state index contributed by atoms with van der Waals surface area (Å²) in [5.41, 5.74) is 0.831. The van der Waals surface area contributed by atoms with Crippen molar-refractivity contribution in [2.75, 3.05) is 13.1 Å². The first-order valence-electron chi connectivity index (χ1n) is 8.73. The van der Waals surface area contributed by atoms with Gasteiger partial charge in [-0.05, 0) is 32.9 Å². The van der Waals surface area contributed by atoms with Crippen LogP contribution in [0.2, 0.25) is 0 Å². The lowest BCUT2D eigenvalue weighted by Gasteiger charge is -2.37. The number of nitrogens with one attached hydrogen (secondary N) is 1. The molecular weight excluding hydrogens is 355 g/mol. The third-order valence-corrected chi connectivity index (χ3v) is 5.81. The molecule has 0 saturated carbocycles. The second-order valence-corrected chi connectivity index (χ2v) is 7.96. The first-order valence-corrected chi connectivity index (χ1v) is 9.54. The normalized spacial score (nSPS) is 24.8. The van der Waals surface area contributed by atoms with Crippen LogP contribution < -0.4 is 4.90 Å². The van der Waals surface area contributed by atoms with Crippen molar-refractivity contribution in [2.45, 2.75) is 39.0 Å². The zero-order chi connectivity index (χ0) is 18.4. The Kier molecular flexibility index (Phi) is 4.42. The summed E-state index contributed by atoms with van der Waals surface area (Å²) in [5, 5.41) is 15.1. The van der Waals surface area contributed by atoms with Crippen LogP contribution in [0.25, 0.3) is 4.96 Å². The number of halogens is 1. The lowest BCUT2D eigenvalue weighted by Crippen LogP contribution is -3.15. The molecule has 1 aliphatic heterocycles. The van der Waals surface area contributed by atoms with Gasteiger partial charge in [-0.3, -0.25) is 0 Å². The maximum atomic E-state index is 13.9. The van der Waals surface area contributed by atoms with E-state index in [0.29, 0.717) is 10.8 Å². The summed E-state index contributed by atoms with van der Waals surface area (Å²) in [6.07, 6.45) is 0.188. The number of fused-ring (bicyclic) bond motifs is 1. The second-order valence-electron chi connectivity index (χ2n) is 6.96. The molecule has 26 heavy (non-hydrogen) atoms. The SMILES string of the molecule is Cc1nc2sc([C@H](c3cccc(F)c3)[NH+]3C[C@@H](C)O[C@H](C)C3)c(O)n2n1. The lowest BCUT2D eigenvalue weighted by atomic mass is 10.0. The topological polar surface area (TPSA) is 64.1 Å². The van der Waals surface area contributed by atoms with Crippen LogP contribution >= 0.6 is 11.3 Å². The van der Waals surface area contributed by atoms with Gasteiger partial charge < -0.3 is 14.7 Å². The maximum Gasteiger partial charge on any atom is 0.235 e. The number of aromatic hydroxyl groups is 1. The first-order chi connectivity index (χ1) is 12.4. The summed E-state index contributed by atoms with van der Waals surface area (Å²) < 4.78 is 21.3. The van der Waals surface area contributed by atoms with Crippen LogP contribution in [0.15, 0.2) is 24.3 Å². The van der Waals surface area contributed by atoms with Crippen molar-refractivity contribution < 1.29 is 19.1 Å². The second kappa shape index (κ2) is 6.61. The molecule has 3 atom stereocenters. The fourth-order valence-electron chi connectivity index (χ4n) is 3.84. The van der Waals surface area contributed by atoms with E-state index in [1.807, 2.05) is 19.9 Å². The Labute approximate surface area is 154 Å². The molecule has 4 rings (SSSR count). The Morgan fingerprint density at radius 1 is 1.35 bits per heavy atom. The van der Waals surface area contributed by atoms with E-state index in [9.17, 15) is 9.50 Å². The lowest BCUT2D eigenvalue weighted by molar-refractivity contribution is -0.939. The summed E-state index contributed by atoms with van der Waals surface area (Å²) >= 11 is 1.40. The van der Waals surface area contributed by atoms with E-state index in [1.54, 1.807) is 19.1 Å². The van der Waals surface area contributed by atoms with Gasteiger partial charge in [0.25, 0.3) is 0 Å². The van der Waals surface area contributed by atoms with Crippen LogP contribution in [-0.4, -0.2) is 45.0 Å². The van der Waals surface area contributed by atoms with Gasteiger partial charge in [-0.15, -0.1) is 5.10 Å². The minimum absolute atomic E-state index is 0.0826. The van der Waals surface area contributed by atoms with E-state index < -0.39 is 0 Å². The van der Waals surface area contributed by atoms with Gasteiger partial charge in [0, 0.05) is 5.56 Å². The molecule has 2 aromatic heterocycles. The summed E-state index contributed by atoms with van der Waals surface area (Å²) in [6, 6.07) is 6.40. The molecule has 2 N–H and O–H groups in total. The van der Waals surface area contributed by atoms with Gasteiger partial charge in [0.05, 0.1) is 0 Å². The number of rotatable bonds is 3. The molecule has 1 aromatic carbocycles. The molecule has 0 amide bonds. The predicted octanol–water partition coefficient (Wildman–Crippen LogP) is 1.73. The average Bonchev–Trinajstić information content (AvgIpc) is 3.05. The van der Waals surface area contributed by atoms with E-state index in [2.05, 4.69) is 10.1 Å². The Morgan fingerprint density at radius 3 is 2.73 bits per heavy atom. The Hall–Kier alpha value is -2.03. The van der Waals surface area contributed by atoms with E-state index in [0.717, 1.165) is 23.5 Å². The number of ether oxygens (including phenoxy) is 1. The van der Waals surface area contributed by atoms with Gasteiger partial charge >= 0.3 is 0 Å². The van der Waals surface area contributed by atoms with Gasteiger partial charge in [-0.2, -0.15) is 4.52 Å². The van der Waals surface area contributed by atoms with Crippen LogP contribution in [0.3, 0.4) is 0 Å². The number of benzene rings is 1. The van der Waals surface area contributed by atoms with Crippen molar-refractivity contribution in [3.05, 3.63) is 46.3 Å². The summed E-state index contributed by atoms with van der Waals surface area (Å²) in [6.45, 7) is 7.43. The number of hydrogen-bond donors (Lipinski definition) is 2. The van der Waals surface area contributed by atoms with Crippen LogP contribution in [0.4, 0.5) is 4.39 Å². The predicted molar refractivity (Wildman–Crippen MR) is 96.2 cm³/mol. The molecule has 3 aromatic rings.